The van der Waals surface area contributed by atoms with Gasteiger partial charge in [-0.3, -0.25) is 9.59 Å². The summed E-state index contributed by atoms with van der Waals surface area (Å²) in [4.78, 5) is 25.9. The molecule has 1 aliphatic heterocycles. The number of para-hydroxylation sites is 1. The Hall–Kier alpha value is -3.09. The fourth-order valence-electron chi connectivity index (χ4n) is 2.81. The number of carbonyl (C=O) groups is 2. The minimum Gasteiger partial charge on any atom is -0.497 e. The Labute approximate surface area is 150 Å². The van der Waals surface area contributed by atoms with Gasteiger partial charge in [-0.1, -0.05) is 18.2 Å². The van der Waals surface area contributed by atoms with Crippen LogP contribution in [0.4, 0.5) is 10.1 Å². The van der Waals surface area contributed by atoms with Crippen LogP contribution in [0.15, 0.2) is 48.5 Å². The molecule has 0 spiro atoms. The number of halogens is 1. The Bertz CT molecular complexity index is 812. The van der Waals surface area contributed by atoms with Crippen LogP contribution in [0.3, 0.4) is 0 Å². The van der Waals surface area contributed by atoms with Crippen LogP contribution in [0.5, 0.6) is 11.5 Å². The quantitative estimate of drug-likeness (QED) is 0.859. The molecule has 0 saturated carbocycles. The summed E-state index contributed by atoms with van der Waals surface area (Å²) in [6.45, 7) is 0.0439. The molecule has 2 aromatic rings. The molecule has 26 heavy (non-hydrogen) atoms. The molecule has 7 heteroatoms. The Balaban J connectivity index is 1.55. The Morgan fingerprint density at radius 1 is 1.27 bits per heavy atom. The first-order valence-corrected chi connectivity index (χ1v) is 8.18. The van der Waals surface area contributed by atoms with Crippen molar-refractivity contribution in [1.82, 2.24) is 5.32 Å². The second kappa shape index (κ2) is 7.86. The monoisotopic (exact) mass is 358 g/mol. The number of nitrogens with zero attached hydrogens (tertiary/aromatic N) is 1. The van der Waals surface area contributed by atoms with E-state index in [9.17, 15) is 14.0 Å². The van der Waals surface area contributed by atoms with Gasteiger partial charge in [-0.15, -0.1) is 0 Å². The Morgan fingerprint density at radius 3 is 2.85 bits per heavy atom. The molecule has 0 bridgehead atoms. The van der Waals surface area contributed by atoms with Crippen LogP contribution < -0.4 is 19.7 Å². The summed E-state index contributed by atoms with van der Waals surface area (Å²) in [5, 5.41) is 2.75. The number of benzene rings is 2. The van der Waals surface area contributed by atoms with E-state index in [1.807, 2.05) is 6.07 Å². The maximum absolute atomic E-state index is 13.5. The highest BCUT2D eigenvalue weighted by molar-refractivity contribution is 5.97. The number of ether oxygens (including phenoxy) is 2. The van der Waals surface area contributed by atoms with Gasteiger partial charge in [-0.2, -0.15) is 0 Å². The molecule has 0 unspecified atom stereocenters. The van der Waals surface area contributed by atoms with Crippen molar-refractivity contribution in [3.05, 3.63) is 54.3 Å². The third-order valence-corrected chi connectivity index (χ3v) is 4.05. The van der Waals surface area contributed by atoms with Crippen LogP contribution in [0, 0.1) is 5.82 Å². The molecule has 3 rings (SSSR count). The summed E-state index contributed by atoms with van der Waals surface area (Å²) in [5.74, 6) is -0.345. The predicted octanol–water partition coefficient (Wildman–Crippen LogP) is 2.13. The lowest BCUT2D eigenvalue weighted by atomic mass is 10.2. The van der Waals surface area contributed by atoms with Crippen molar-refractivity contribution in [2.45, 2.75) is 12.5 Å². The van der Waals surface area contributed by atoms with Crippen molar-refractivity contribution < 1.29 is 23.5 Å². The van der Waals surface area contributed by atoms with Gasteiger partial charge in [-0.05, 0) is 24.3 Å². The highest BCUT2D eigenvalue weighted by atomic mass is 19.1. The van der Waals surface area contributed by atoms with Gasteiger partial charge in [0.25, 0.3) is 5.91 Å². The van der Waals surface area contributed by atoms with E-state index < -0.39 is 11.7 Å². The van der Waals surface area contributed by atoms with Gasteiger partial charge in [0.05, 0.1) is 13.2 Å². The number of rotatable bonds is 6. The molecular weight excluding hydrogens is 339 g/mol. The van der Waals surface area contributed by atoms with Crippen molar-refractivity contribution >= 4 is 17.5 Å². The molecule has 2 aromatic carbocycles. The summed E-state index contributed by atoms with van der Waals surface area (Å²) in [6.07, 6.45) is 0.197. The van der Waals surface area contributed by atoms with Gasteiger partial charge in [0.2, 0.25) is 5.91 Å². The zero-order valence-electron chi connectivity index (χ0n) is 14.3. The topological polar surface area (TPSA) is 67.9 Å². The van der Waals surface area contributed by atoms with Gasteiger partial charge < -0.3 is 19.7 Å². The maximum Gasteiger partial charge on any atom is 0.258 e. The van der Waals surface area contributed by atoms with Gasteiger partial charge in [0.1, 0.15) is 5.75 Å². The normalized spacial score (nSPS) is 16.5. The van der Waals surface area contributed by atoms with E-state index in [1.165, 1.54) is 12.1 Å². The fraction of sp³-hybridized carbons (Fsp3) is 0.263. The maximum atomic E-state index is 13.5. The molecule has 1 N–H and O–H groups in total. The van der Waals surface area contributed by atoms with E-state index in [2.05, 4.69) is 5.32 Å². The van der Waals surface area contributed by atoms with Crippen LogP contribution in [0.2, 0.25) is 0 Å². The van der Waals surface area contributed by atoms with Crippen molar-refractivity contribution in [2.75, 3.05) is 25.2 Å². The lowest BCUT2D eigenvalue weighted by molar-refractivity contribution is -0.123. The average Bonchev–Trinajstić information content (AvgIpc) is 3.01. The summed E-state index contributed by atoms with van der Waals surface area (Å²) in [6, 6.07) is 12.7. The van der Waals surface area contributed by atoms with E-state index in [0.29, 0.717) is 18.0 Å². The molecule has 1 fully saturated rings. The third-order valence-electron chi connectivity index (χ3n) is 4.05. The average molecular weight is 358 g/mol. The van der Waals surface area contributed by atoms with Crippen LogP contribution >= 0.6 is 0 Å². The summed E-state index contributed by atoms with van der Waals surface area (Å²) in [7, 11) is 1.56. The van der Waals surface area contributed by atoms with Crippen molar-refractivity contribution in [3.8, 4) is 11.5 Å². The van der Waals surface area contributed by atoms with Gasteiger partial charge >= 0.3 is 0 Å². The molecule has 1 saturated heterocycles. The molecular formula is C19H19FN2O4. The Kier molecular flexibility index (Phi) is 5.36. The van der Waals surface area contributed by atoms with Crippen molar-refractivity contribution in [2.24, 2.45) is 0 Å². The number of anilines is 1. The van der Waals surface area contributed by atoms with Crippen LogP contribution in [-0.4, -0.2) is 38.1 Å². The highest BCUT2D eigenvalue weighted by Gasteiger charge is 2.31. The minimum absolute atomic E-state index is 0.0168. The van der Waals surface area contributed by atoms with Crippen molar-refractivity contribution in [3.63, 3.8) is 0 Å². The number of amides is 2. The van der Waals surface area contributed by atoms with E-state index in [-0.39, 0.29) is 30.7 Å². The van der Waals surface area contributed by atoms with Crippen LogP contribution in [0.25, 0.3) is 0 Å². The molecule has 1 heterocycles. The SMILES string of the molecule is COc1cccc(N2C[C@H](NC(=O)COc3ccccc3F)CC2=O)c1. The standard InChI is InChI=1S/C19H19FN2O4/c1-25-15-6-4-5-14(10-15)22-11-13(9-19(22)24)21-18(23)12-26-17-8-3-2-7-16(17)20/h2-8,10,13H,9,11-12H2,1H3,(H,21,23)/t13-/m1/s1. The second-order valence-corrected chi connectivity index (χ2v) is 5.89. The molecule has 1 atom stereocenters. The zero-order chi connectivity index (χ0) is 18.5. The van der Waals surface area contributed by atoms with E-state index in [1.54, 1.807) is 42.3 Å². The first kappa shape index (κ1) is 17.7. The zero-order valence-corrected chi connectivity index (χ0v) is 14.3. The molecule has 6 nitrogen and oxygen atoms in total. The summed E-state index contributed by atoms with van der Waals surface area (Å²) in [5.41, 5.74) is 0.716. The van der Waals surface area contributed by atoms with Crippen molar-refractivity contribution in [1.29, 1.82) is 0 Å². The molecule has 0 radical (unpaired) electrons. The number of nitrogens with one attached hydrogen (secondary N) is 1. The largest absolute Gasteiger partial charge is 0.497 e. The number of carbonyl (C=O) groups excluding carboxylic acids is 2. The van der Waals surface area contributed by atoms with Crippen LogP contribution in [0.1, 0.15) is 6.42 Å². The second-order valence-electron chi connectivity index (χ2n) is 5.89. The minimum atomic E-state index is -0.527. The Morgan fingerprint density at radius 2 is 2.08 bits per heavy atom. The lowest BCUT2D eigenvalue weighted by Crippen LogP contribution is -2.39. The number of hydrogen-bond donors (Lipinski definition) is 1. The molecule has 0 aliphatic carbocycles. The molecule has 136 valence electrons. The molecule has 1 aliphatic rings. The summed E-state index contributed by atoms with van der Waals surface area (Å²) < 4.78 is 23.8. The third kappa shape index (κ3) is 4.11. The molecule has 0 aromatic heterocycles. The first-order valence-electron chi connectivity index (χ1n) is 8.18. The van der Waals surface area contributed by atoms with Crippen LogP contribution in [-0.2, 0) is 9.59 Å². The van der Waals surface area contributed by atoms with Gasteiger partial charge in [0.15, 0.2) is 18.2 Å². The smallest absolute Gasteiger partial charge is 0.258 e. The predicted molar refractivity (Wildman–Crippen MR) is 93.8 cm³/mol. The highest BCUT2D eigenvalue weighted by Crippen LogP contribution is 2.25. The number of methoxy groups -OCH3 is 1. The number of hydrogen-bond acceptors (Lipinski definition) is 4. The summed E-state index contributed by atoms with van der Waals surface area (Å²) >= 11 is 0. The van der Waals surface area contributed by atoms with Gasteiger partial charge in [0, 0.05) is 24.7 Å². The van der Waals surface area contributed by atoms with E-state index in [0.717, 1.165) is 0 Å². The van der Waals surface area contributed by atoms with E-state index in [4.69, 9.17) is 9.47 Å². The fourth-order valence-corrected chi connectivity index (χ4v) is 2.81. The van der Waals surface area contributed by atoms with Gasteiger partial charge in [-0.25, -0.2) is 4.39 Å². The first-order chi connectivity index (χ1) is 12.6. The molecule has 2 amide bonds. The lowest BCUT2D eigenvalue weighted by Gasteiger charge is -2.18. The van der Waals surface area contributed by atoms with E-state index >= 15 is 0 Å².